The maximum atomic E-state index is 5.53. The topological polar surface area (TPSA) is 30.9 Å². The molecule has 0 aromatic carbocycles. The van der Waals surface area contributed by atoms with Gasteiger partial charge in [-0.15, -0.1) is 0 Å². The average Bonchev–Trinajstić information content (AvgIpc) is 2.76. The van der Waals surface area contributed by atoms with E-state index in [0.717, 1.165) is 6.54 Å². The molecule has 0 amide bonds. The van der Waals surface area contributed by atoms with Crippen molar-refractivity contribution < 1.29 is 0 Å². The van der Waals surface area contributed by atoms with Crippen molar-refractivity contribution in [3.8, 4) is 0 Å². The molecule has 0 fully saturated rings. The summed E-state index contributed by atoms with van der Waals surface area (Å²) >= 11 is 1.73. The summed E-state index contributed by atoms with van der Waals surface area (Å²) in [6.45, 7) is 1.57. The highest BCUT2D eigenvalue weighted by atomic mass is 32.1. The molecule has 2 heterocycles. The molecular formula is C10H12N2S. The molecule has 0 aliphatic rings. The molecule has 0 unspecified atom stereocenters. The highest BCUT2D eigenvalue weighted by Gasteiger charge is 1.96. The molecule has 0 radical (unpaired) electrons. The second-order valence-corrected chi connectivity index (χ2v) is 3.81. The molecule has 0 saturated heterocycles. The maximum absolute atomic E-state index is 5.53. The van der Waals surface area contributed by atoms with E-state index in [1.54, 1.807) is 11.3 Å². The van der Waals surface area contributed by atoms with E-state index in [2.05, 4.69) is 39.9 Å². The molecule has 3 heteroatoms. The Labute approximate surface area is 81.6 Å². The van der Waals surface area contributed by atoms with E-state index in [9.17, 15) is 0 Å². The third-order valence-corrected chi connectivity index (χ3v) is 2.72. The summed E-state index contributed by atoms with van der Waals surface area (Å²) in [7, 11) is 0. The molecule has 0 aliphatic carbocycles. The fourth-order valence-corrected chi connectivity index (χ4v) is 1.96. The zero-order valence-corrected chi connectivity index (χ0v) is 8.13. The summed E-state index contributed by atoms with van der Waals surface area (Å²) in [6.07, 6.45) is 4.16. The van der Waals surface area contributed by atoms with Crippen LogP contribution in [0, 0.1) is 0 Å². The first kappa shape index (κ1) is 8.53. The van der Waals surface area contributed by atoms with Gasteiger partial charge in [0.05, 0.1) is 0 Å². The Morgan fingerprint density at radius 2 is 2.23 bits per heavy atom. The highest BCUT2D eigenvalue weighted by molar-refractivity contribution is 7.07. The van der Waals surface area contributed by atoms with Gasteiger partial charge in [-0.2, -0.15) is 11.3 Å². The standard InChI is InChI=1S/C10H12N2S/c11-5-9-1-3-12(6-9)7-10-2-4-13-8-10/h1-4,6,8H,5,7,11H2. The minimum Gasteiger partial charge on any atom is -0.350 e. The van der Waals surface area contributed by atoms with Gasteiger partial charge in [-0.1, -0.05) is 0 Å². The predicted molar refractivity (Wildman–Crippen MR) is 55.7 cm³/mol. The van der Waals surface area contributed by atoms with Crippen molar-refractivity contribution in [2.45, 2.75) is 13.1 Å². The van der Waals surface area contributed by atoms with Crippen LogP contribution in [0.3, 0.4) is 0 Å². The Kier molecular flexibility index (Phi) is 2.47. The van der Waals surface area contributed by atoms with Crippen molar-refractivity contribution in [1.82, 2.24) is 4.57 Å². The summed E-state index contributed by atoms with van der Waals surface area (Å²) in [6, 6.07) is 4.21. The molecule has 2 aromatic heterocycles. The van der Waals surface area contributed by atoms with Crippen LogP contribution >= 0.6 is 11.3 Å². The molecule has 2 N–H and O–H groups in total. The Morgan fingerprint density at radius 1 is 1.31 bits per heavy atom. The molecule has 0 spiro atoms. The minimum atomic E-state index is 0.622. The lowest BCUT2D eigenvalue weighted by atomic mass is 10.3. The van der Waals surface area contributed by atoms with Gasteiger partial charge in [0, 0.05) is 25.5 Å². The smallest absolute Gasteiger partial charge is 0.0478 e. The zero-order valence-electron chi connectivity index (χ0n) is 7.31. The lowest BCUT2D eigenvalue weighted by Crippen LogP contribution is -1.96. The molecule has 0 saturated carbocycles. The van der Waals surface area contributed by atoms with Crippen molar-refractivity contribution in [1.29, 1.82) is 0 Å². The summed E-state index contributed by atoms with van der Waals surface area (Å²) in [4.78, 5) is 0. The van der Waals surface area contributed by atoms with Gasteiger partial charge in [-0.25, -0.2) is 0 Å². The molecule has 2 rings (SSSR count). The lowest BCUT2D eigenvalue weighted by molar-refractivity contribution is 0.804. The first-order valence-electron chi connectivity index (χ1n) is 4.24. The second-order valence-electron chi connectivity index (χ2n) is 3.03. The fourth-order valence-electron chi connectivity index (χ4n) is 1.30. The number of nitrogens with zero attached hydrogens (tertiary/aromatic N) is 1. The SMILES string of the molecule is NCc1ccn(Cc2ccsc2)c1. The molecule has 0 aliphatic heterocycles. The Bertz CT molecular complexity index is 362. The van der Waals surface area contributed by atoms with Gasteiger partial charge in [-0.05, 0) is 34.0 Å². The lowest BCUT2D eigenvalue weighted by Gasteiger charge is -1.98. The van der Waals surface area contributed by atoms with E-state index in [1.165, 1.54) is 11.1 Å². The molecular weight excluding hydrogens is 180 g/mol. The van der Waals surface area contributed by atoms with Crippen LogP contribution in [0.4, 0.5) is 0 Å². The average molecular weight is 192 g/mol. The number of nitrogens with two attached hydrogens (primary N) is 1. The van der Waals surface area contributed by atoms with Crippen LogP contribution in [0.5, 0.6) is 0 Å². The van der Waals surface area contributed by atoms with Crippen molar-refractivity contribution in [3.05, 3.63) is 46.4 Å². The Hall–Kier alpha value is -1.06. The number of thiophene rings is 1. The van der Waals surface area contributed by atoms with Crippen LogP contribution < -0.4 is 5.73 Å². The van der Waals surface area contributed by atoms with E-state index in [0.29, 0.717) is 6.54 Å². The van der Waals surface area contributed by atoms with Crippen LogP contribution in [0.25, 0.3) is 0 Å². The number of rotatable bonds is 3. The van der Waals surface area contributed by atoms with Crippen LogP contribution in [0.15, 0.2) is 35.3 Å². The van der Waals surface area contributed by atoms with Gasteiger partial charge in [0.2, 0.25) is 0 Å². The van der Waals surface area contributed by atoms with E-state index in [4.69, 9.17) is 5.73 Å². The van der Waals surface area contributed by atoms with E-state index in [-0.39, 0.29) is 0 Å². The van der Waals surface area contributed by atoms with E-state index < -0.39 is 0 Å². The monoisotopic (exact) mass is 192 g/mol. The molecule has 68 valence electrons. The van der Waals surface area contributed by atoms with Crippen molar-refractivity contribution >= 4 is 11.3 Å². The van der Waals surface area contributed by atoms with Crippen LogP contribution in [0.2, 0.25) is 0 Å². The Balaban J connectivity index is 2.10. The van der Waals surface area contributed by atoms with Crippen LogP contribution in [-0.2, 0) is 13.1 Å². The minimum absolute atomic E-state index is 0.622. The molecule has 2 aromatic rings. The molecule has 13 heavy (non-hydrogen) atoms. The summed E-state index contributed by atoms with van der Waals surface area (Å²) in [5, 5.41) is 4.27. The van der Waals surface area contributed by atoms with Crippen LogP contribution in [0.1, 0.15) is 11.1 Å². The number of hydrogen-bond donors (Lipinski definition) is 1. The van der Waals surface area contributed by atoms with Crippen molar-refractivity contribution in [2.75, 3.05) is 0 Å². The molecule has 0 atom stereocenters. The largest absolute Gasteiger partial charge is 0.350 e. The van der Waals surface area contributed by atoms with E-state index >= 15 is 0 Å². The predicted octanol–water partition coefficient (Wildman–Crippen LogP) is 2.06. The normalized spacial score (nSPS) is 10.5. The molecule has 0 bridgehead atoms. The summed E-state index contributed by atoms with van der Waals surface area (Å²) in [5.74, 6) is 0. The van der Waals surface area contributed by atoms with Gasteiger partial charge >= 0.3 is 0 Å². The summed E-state index contributed by atoms with van der Waals surface area (Å²) < 4.78 is 2.16. The second kappa shape index (κ2) is 3.77. The highest BCUT2D eigenvalue weighted by Crippen LogP contribution is 2.09. The third-order valence-electron chi connectivity index (χ3n) is 1.99. The number of aromatic nitrogens is 1. The maximum Gasteiger partial charge on any atom is 0.0478 e. The zero-order chi connectivity index (χ0) is 9.10. The third kappa shape index (κ3) is 1.99. The summed E-state index contributed by atoms with van der Waals surface area (Å²) in [5.41, 5.74) is 8.07. The Morgan fingerprint density at radius 3 is 2.85 bits per heavy atom. The van der Waals surface area contributed by atoms with Crippen molar-refractivity contribution in [2.24, 2.45) is 5.73 Å². The van der Waals surface area contributed by atoms with Gasteiger partial charge in [0.1, 0.15) is 0 Å². The van der Waals surface area contributed by atoms with E-state index in [1.807, 2.05) is 0 Å². The number of hydrogen-bond acceptors (Lipinski definition) is 2. The fraction of sp³-hybridized carbons (Fsp3) is 0.200. The van der Waals surface area contributed by atoms with Gasteiger partial charge in [0.15, 0.2) is 0 Å². The molecule has 2 nitrogen and oxygen atoms in total. The quantitative estimate of drug-likeness (QED) is 0.793. The first-order chi connectivity index (χ1) is 6.38. The van der Waals surface area contributed by atoms with Crippen molar-refractivity contribution in [3.63, 3.8) is 0 Å². The van der Waals surface area contributed by atoms with Crippen LogP contribution in [-0.4, -0.2) is 4.57 Å². The first-order valence-corrected chi connectivity index (χ1v) is 5.18. The van der Waals surface area contributed by atoms with Gasteiger partial charge < -0.3 is 10.3 Å². The van der Waals surface area contributed by atoms with Gasteiger partial charge in [0.25, 0.3) is 0 Å². The van der Waals surface area contributed by atoms with Gasteiger partial charge in [-0.3, -0.25) is 0 Å².